The maximum atomic E-state index is 11.7. The van der Waals surface area contributed by atoms with Crippen LogP contribution in [0, 0.1) is 0 Å². The van der Waals surface area contributed by atoms with Gasteiger partial charge in [0.2, 0.25) is 5.91 Å². The maximum Gasteiger partial charge on any atom is 0.303 e. The van der Waals surface area contributed by atoms with E-state index < -0.39 is 5.97 Å². The first kappa shape index (κ1) is 18.0. The Hall–Kier alpha value is -2.34. The van der Waals surface area contributed by atoms with Crippen LogP contribution in [-0.2, 0) is 16.1 Å². The zero-order chi connectivity index (χ0) is 17.4. The average molecular weight is 347 g/mol. The third-order valence-corrected chi connectivity index (χ3v) is 4.52. The number of rotatable bonds is 9. The molecule has 1 aromatic heterocycles. The lowest BCUT2D eigenvalue weighted by Gasteiger charge is -2.03. The van der Waals surface area contributed by atoms with Gasteiger partial charge in [0.05, 0.1) is 13.7 Å². The summed E-state index contributed by atoms with van der Waals surface area (Å²) in [6, 6.07) is 9.92. The summed E-state index contributed by atoms with van der Waals surface area (Å²) in [6.07, 6.45) is 1.61. The highest BCUT2D eigenvalue weighted by molar-refractivity contribution is 7.10. The lowest BCUT2D eigenvalue weighted by atomic mass is 10.1. The van der Waals surface area contributed by atoms with Crippen LogP contribution in [0.5, 0.6) is 5.75 Å². The standard InChI is InChI=1S/C18H21NO4S/c1-23-15-8-6-13(7-9-15)14-10-16(24-12-14)11-19-17(20)4-2-3-5-18(21)22/h6-10,12H,2-5,11H2,1H3,(H,19,20)(H,21,22). The molecule has 0 spiro atoms. The van der Waals surface area contributed by atoms with Crippen LogP contribution in [0.25, 0.3) is 11.1 Å². The van der Waals surface area contributed by atoms with Crippen molar-refractivity contribution in [2.45, 2.75) is 32.2 Å². The summed E-state index contributed by atoms with van der Waals surface area (Å²) >= 11 is 1.60. The lowest BCUT2D eigenvalue weighted by molar-refractivity contribution is -0.137. The highest BCUT2D eigenvalue weighted by atomic mass is 32.1. The number of benzene rings is 1. The summed E-state index contributed by atoms with van der Waals surface area (Å²) < 4.78 is 5.15. The second-order valence-corrected chi connectivity index (χ2v) is 6.40. The average Bonchev–Trinajstić information content (AvgIpc) is 3.06. The Morgan fingerprint density at radius 1 is 1.12 bits per heavy atom. The normalized spacial score (nSPS) is 10.4. The number of methoxy groups -OCH3 is 1. The number of aliphatic carboxylic acids is 1. The third-order valence-electron chi connectivity index (χ3n) is 3.58. The molecule has 6 heteroatoms. The number of hydrogen-bond donors (Lipinski definition) is 2. The van der Waals surface area contributed by atoms with Crippen LogP contribution in [0.15, 0.2) is 35.7 Å². The SMILES string of the molecule is COc1ccc(-c2csc(CNC(=O)CCCCC(=O)O)c2)cc1. The summed E-state index contributed by atoms with van der Waals surface area (Å²) in [5.74, 6) is -0.0378. The number of amides is 1. The van der Waals surface area contributed by atoms with Crippen molar-refractivity contribution in [1.82, 2.24) is 5.32 Å². The lowest BCUT2D eigenvalue weighted by Crippen LogP contribution is -2.21. The maximum absolute atomic E-state index is 11.7. The van der Waals surface area contributed by atoms with Gasteiger partial charge < -0.3 is 15.2 Å². The molecule has 0 radical (unpaired) electrons. The number of carboxylic acids is 1. The molecule has 0 aliphatic carbocycles. The number of thiophene rings is 1. The van der Waals surface area contributed by atoms with Gasteiger partial charge in [0.15, 0.2) is 0 Å². The number of ether oxygens (including phenoxy) is 1. The highest BCUT2D eigenvalue weighted by Gasteiger charge is 2.06. The first-order chi connectivity index (χ1) is 11.6. The molecule has 1 amide bonds. The minimum Gasteiger partial charge on any atom is -0.497 e. The van der Waals surface area contributed by atoms with Crippen molar-refractivity contribution < 1.29 is 19.4 Å². The summed E-state index contributed by atoms with van der Waals surface area (Å²) in [7, 11) is 1.64. The number of carbonyl (C=O) groups is 2. The van der Waals surface area contributed by atoms with Gasteiger partial charge in [0, 0.05) is 17.7 Å². The zero-order valence-corrected chi connectivity index (χ0v) is 14.4. The Morgan fingerprint density at radius 3 is 2.50 bits per heavy atom. The van der Waals surface area contributed by atoms with E-state index in [1.165, 1.54) is 0 Å². The van der Waals surface area contributed by atoms with E-state index >= 15 is 0 Å². The molecule has 1 heterocycles. The van der Waals surface area contributed by atoms with Crippen molar-refractivity contribution >= 4 is 23.2 Å². The number of hydrogen-bond acceptors (Lipinski definition) is 4. The van der Waals surface area contributed by atoms with Crippen LogP contribution in [-0.4, -0.2) is 24.1 Å². The smallest absolute Gasteiger partial charge is 0.303 e. The molecule has 0 aliphatic heterocycles. The largest absolute Gasteiger partial charge is 0.497 e. The molecule has 24 heavy (non-hydrogen) atoms. The molecule has 0 aliphatic rings. The fourth-order valence-corrected chi connectivity index (χ4v) is 3.08. The van der Waals surface area contributed by atoms with Crippen LogP contribution >= 0.6 is 11.3 Å². The molecule has 128 valence electrons. The molecule has 0 saturated carbocycles. The molecule has 0 unspecified atom stereocenters. The number of carboxylic acid groups (broad SMARTS) is 1. The topological polar surface area (TPSA) is 75.6 Å². The molecule has 0 bridgehead atoms. The van der Waals surface area contributed by atoms with Crippen molar-refractivity contribution in [2.24, 2.45) is 0 Å². The summed E-state index contributed by atoms with van der Waals surface area (Å²) in [4.78, 5) is 23.2. The van der Waals surface area contributed by atoms with Crippen LogP contribution in [0.1, 0.15) is 30.6 Å². The number of carbonyl (C=O) groups excluding carboxylic acids is 1. The Labute approximate surface area is 145 Å². The van der Waals surface area contributed by atoms with Gasteiger partial charge >= 0.3 is 5.97 Å². The molecule has 2 N–H and O–H groups in total. The highest BCUT2D eigenvalue weighted by Crippen LogP contribution is 2.27. The first-order valence-corrected chi connectivity index (χ1v) is 8.67. The van der Waals surface area contributed by atoms with E-state index in [0.717, 1.165) is 21.8 Å². The minimum absolute atomic E-state index is 0.0419. The van der Waals surface area contributed by atoms with Crippen molar-refractivity contribution in [1.29, 1.82) is 0 Å². The monoisotopic (exact) mass is 347 g/mol. The van der Waals surface area contributed by atoms with Gasteiger partial charge in [-0.15, -0.1) is 11.3 Å². The first-order valence-electron chi connectivity index (χ1n) is 7.79. The van der Waals surface area contributed by atoms with E-state index in [2.05, 4.69) is 16.8 Å². The molecule has 0 fully saturated rings. The molecule has 2 rings (SSSR count). The van der Waals surface area contributed by atoms with Gasteiger partial charge in [-0.2, -0.15) is 0 Å². The Balaban J connectivity index is 1.78. The molecular formula is C18H21NO4S. The van der Waals surface area contributed by atoms with Gasteiger partial charge in [0.1, 0.15) is 5.75 Å². The number of nitrogens with one attached hydrogen (secondary N) is 1. The van der Waals surface area contributed by atoms with Gasteiger partial charge in [-0.1, -0.05) is 12.1 Å². The Kier molecular flexibility index (Phi) is 6.81. The molecule has 0 saturated heterocycles. The van der Waals surface area contributed by atoms with Crippen LogP contribution in [0.4, 0.5) is 0 Å². The predicted molar refractivity (Wildman–Crippen MR) is 94.3 cm³/mol. The number of unbranched alkanes of at least 4 members (excludes halogenated alkanes) is 1. The van der Waals surface area contributed by atoms with Crippen molar-refractivity contribution in [3.05, 3.63) is 40.6 Å². The fourth-order valence-electron chi connectivity index (χ4n) is 2.24. The molecule has 1 aromatic carbocycles. The predicted octanol–water partition coefficient (Wildman–Crippen LogP) is 3.68. The van der Waals surface area contributed by atoms with Crippen molar-refractivity contribution in [2.75, 3.05) is 7.11 Å². The Morgan fingerprint density at radius 2 is 1.83 bits per heavy atom. The van der Waals surface area contributed by atoms with E-state index in [-0.39, 0.29) is 12.3 Å². The van der Waals surface area contributed by atoms with Gasteiger partial charge in [-0.25, -0.2) is 0 Å². The molecule has 5 nitrogen and oxygen atoms in total. The van der Waals surface area contributed by atoms with Crippen molar-refractivity contribution in [3.63, 3.8) is 0 Å². The van der Waals surface area contributed by atoms with Gasteiger partial charge in [0.25, 0.3) is 0 Å². The summed E-state index contributed by atoms with van der Waals surface area (Å²) in [6.45, 7) is 0.499. The van der Waals surface area contributed by atoms with E-state index in [1.54, 1.807) is 18.4 Å². The van der Waals surface area contributed by atoms with E-state index in [0.29, 0.717) is 25.8 Å². The molecule has 2 aromatic rings. The zero-order valence-electron chi connectivity index (χ0n) is 13.6. The van der Waals surface area contributed by atoms with Crippen LogP contribution in [0.3, 0.4) is 0 Å². The molecular weight excluding hydrogens is 326 g/mol. The second kappa shape index (κ2) is 9.08. The van der Waals surface area contributed by atoms with Crippen molar-refractivity contribution in [3.8, 4) is 16.9 Å². The van der Waals surface area contributed by atoms with Gasteiger partial charge in [-0.3, -0.25) is 9.59 Å². The second-order valence-electron chi connectivity index (χ2n) is 5.41. The van der Waals surface area contributed by atoms with E-state index in [4.69, 9.17) is 9.84 Å². The van der Waals surface area contributed by atoms with E-state index in [9.17, 15) is 9.59 Å². The Bertz CT molecular complexity index is 679. The quantitative estimate of drug-likeness (QED) is 0.679. The summed E-state index contributed by atoms with van der Waals surface area (Å²) in [5, 5.41) is 13.5. The van der Waals surface area contributed by atoms with Crippen LogP contribution in [0.2, 0.25) is 0 Å². The minimum atomic E-state index is -0.819. The molecule has 0 atom stereocenters. The summed E-state index contributed by atoms with van der Waals surface area (Å²) in [5.41, 5.74) is 2.23. The van der Waals surface area contributed by atoms with Crippen LogP contribution < -0.4 is 10.1 Å². The fraction of sp³-hybridized carbons (Fsp3) is 0.333. The van der Waals surface area contributed by atoms with Gasteiger partial charge in [-0.05, 0) is 47.5 Å². The third kappa shape index (κ3) is 5.70. The van der Waals surface area contributed by atoms with E-state index in [1.807, 2.05) is 24.3 Å².